The van der Waals surface area contributed by atoms with Gasteiger partial charge in [-0.3, -0.25) is 0 Å². The van der Waals surface area contributed by atoms with Crippen LogP contribution in [0.2, 0.25) is 0 Å². The SMILES string of the molecule is Cc1cccc(Sc2ncccc2Br)c1N. The van der Waals surface area contributed by atoms with Gasteiger partial charge in [0.15, 0.2) is 0 Å². The van der Waals surface area contributed by atoms with Gasteiger partial charge in [-0.2, -0.15) is 0 Å². The third-order valence-electron chi connectivity index (χ3n) is 2.22. The van der Waals surface area contributed by atoms with E-state index in [1.807, 2.05) is 37.3 Å². The summed E-state index contributed by atoms with van der Waals surface area (Å²) in [7, 11) is 0. The Bertz CT molecular complexity index is 514. The van der Waals surface area contributed by atoms with Crippen LogP contribution in [0.5, 0.6) is 0 Å². The van der Waals surface area contributed by atoms with Crippen molar-refractivity contribution in [3.63, 3.8) is 0 Å². The van der Waals surface area contributed by atoms with E-state index in [-0.39, 0.29) is 0 Å². The van der Waals surface area contributed by atoms with Crippen LogP contribution in [-0.2, 0) is 0 Å². The number of anilines is 1. The van der Waals surface area contributed by atoms with E-state index in [0.29, 0.717) is 0 Å². The molecule has 1 aromatic heterocycles. The zero-order valence-corrected chi connectivity index (χ0v) is 11.2. The van der Waals surface area contributed by atoms with Crippen molar-refractivity contribution in [2.24, 2.45) is 0 Å². The largest absolute Gasteiger partial charge is 0.398 e. The van der Waals surface area contributed by atoms with Gasteiger partial charge in [0.25, 0.3) is 0 Å². The van der Waals surface area contributed by atoms with Crippen LogP contribution in [0, 0.1) is 6.92 Å². The fraction of sp³-hybridized carbons (Fsp3) is 0.0833. The molecule has 4 heteroatoms. The first-order valence-corrected chi connectivity index (χ1v) is 6.43. The molecule has 0 aliphatic carbocycles. The molecule has 0 unspecified atom stereocenters. The summed E-state index contributed by atoms with van der Waals surface area (Å²) in [5.41, 5.74) is 7.94. The monoisotopic (exact) mass is 294 g/mol. The normalized spacial score (nSPS) is 10.4. The number of nitrogen functional groups attached to an aromatic ring is 1. The Kier molecular flexibility index (Phi) is 3.51. The molecule has 0 saturated heterocycles. The average Bonchev–Trinajstić information content (AvgIpc) is 2.28. The van der Waals surface area contributed by atoms with E-state index < -0.39 is 0 Å². The molecule has 0 atom stereocenters. The van der Waals surface area contributed by atoms with Gasteiger partial charge < -0.3 is 5.73 Å². The highest BCUT2D eigenvalue weighted by Crippen LogP contribution is 2.35. The van der Waals surface area contributed by atoms with Gasteiger partial charge in [0.05, 0.1) is 4.47 Å². The maximum atomic E-state index is 6.02. The van der Waals surface area contributed by atoms with Crippen molar-refractivity contribution in [2.45, 2.75) is 16.8 Å². The van der Waals surface area contributed by atoms with Gasteiger partial charge in [0.2, 0.25) is 0 Å². The molecule has 2 rings (SSSR count). The van der Waals surface area contributed by atoms with Gasteiger partial charge in [-0.15, -0.1) is 0 Å². The van der Waals surface area contributed by atoms with Crippen molar-refractivity contribution in [1.82, 2.24) is 4.98 Å². The third kappa shape index (κ3) is 2.39. The van der Waals surface area contributed by atoms with E-state index in [4.69, 9.17) is 5.73 Å². The lowest BCUT2D eigenvalue weighted by molar-refractivity contribution is 1.11. The van der Waals surface area contributed by atoms with Crippen molar-refractivity contribution in [3.8, 4) is 0 Å². The van der Waals surface area contributed by atoms with E-state index in [2.05, 4.69) is 20.9 Å². The maximum absolute atomic E-state index is 6.02. The highest BCUT2D eigenvalue weighted by atomic mass is 79.9. The fourth-order valence-electron chi connectivity index (χ4n) is 1.29. The lowest BCUT2D eigenvalue weighted by atomic mass is 10.2. The molecule has 2 N–H and O–H groups in total. The number of halogens is 1. The number of benzene rings is 1. The number of para-hydroxylation sites is 1. The zero-order chi connectivity index (χ0) is 11.5. The lowest BCUT2D eigenvalue weighted by Gasteiger charge is -2.07. The molecule has 0 amide bonds. The number of nitrogens with two attached hydrogens (primary N) is 1. The zero-order valence-electron chi connectivity index (χ0n) is 8.77. The van der Waals surface area contributed by atoms with Crippen LogP contribution >= 0.6 is 27.7 Å². The molecule has 2 aromatic rings. The summed E-state index contributed by atoms with van der Waals surface area (Å²) in [6, 6.07) is 9.89. The number of hydrogen-bond acceptors (Lipinski definition) is 3. The highest BCUT2D eigenvalue weighted by molar-refractivity contribution is 9.10. The molecule has 0 radical (unpaired) electrons. The molecule has 82 valence electrons. The molecule has 16 heavy (non-hydrogen) atoms. The van der Waals surface area contributed by atoms with Crippen LogP contribution in [0.4, 0.5) is 5.69 Å². The predicted molar refractivity (Wildman–Crippen MR) is 71.7 cm³/mol. The van der Waals surface area contributed by atoms with E-state index in [1.165, 1.54) is 0 Å². The molecule has 1 aromatic carbocycles. The van der Waals surface area contributed by atoms with E-state index in [9.17, 15) is 0 Å². The summed E-state index contributed by atoms with van der Waals surface area (Å²) in [5, 5.41) is 0.930. The summed E-state index contributed by atoms with van der Waals surface area (Å²) in [5.74, 6) is 0. The van der Waals surface area contributed by atoms with E-state index in [1.54, 1.807) is 18.0 Å². The quantitative estimate of drug-likeness (QED) is 0.854. The van der Waals surface area contributed by atoms with Gasteiger partial charge in [-0.25, -0.2) is 4.98 Å². The Balaban J connectivity index is 2.35. The van der Waals surface area contributed by atoms with Gasteiger partial charge in [0.1, 0.15) is 5.03 Å². The van der Waals surface area contributed by atoms with Crippen LogP contribution in [0.3, 0.4) is 0 Å². The van der Waals surface area contributed by atoms with Crippen LogP contribution in [0.1, 0.15) is 5.56 Å². The number of hydrogen-bond donors (Lipinski definition) is 1. The minimum atomic E-state index is 0.824. The lowest BCUT2D eigenvalue weighted by Crippen LogP contribution is -1.92. The van der Waals surface area contributed by atoms with Crippen molar-refractivity contribution in [2.75, 3.05) is 5.73 Å². The standard InChI is InChI=1S/C12H11BrN2S/c1-8-4-2-6-10(11(8)14)16-12-9(13)5-3-7-15-12/h2-7H,14H2,1H3. The first-order chi connectivity index (χ1) is 7.68. The smallest absolute Gasteiger partial charge is 0.115 e. The van der Waals surface area contributed by atoms with E-state index >= 15 is 0 Å². The van der Waals surface area contributed by atoms with Crippen LogP contribution in [0.15, 0.2) is 50.9 Å². The molecule has 0 aliphatic rings. The Labute approximate surface area is 107 Å². The Morgan fingerprint density at radius 2 is 2.06 bits per heavy atom. The van der Waals surface area contributed by atoms with Crippen molar-refractivity contribution in [3.05, 3.63) is 46.6 Å². The summed E-state index contributed by atoms with van der Waals surface area (Å²) in [6.07, 6.45) is 1.78. The third-order valence-corrected chi connectivity index (χ3v) is 4.21. The second-order valence-corrected chi connectivity index (χ2v) is 5.26. The molecular weight excluding hydrogens is 284 g/mol. The number of rotatable bonds is 2. The number of aromatic nitrogens is 1. The summed E-state index contributed by atoms with van der Waals surface area (Å²) in [4.78, 5) is 5.35. The van der Waals surface area contributed by atoms with Crippen molar-refractivity contribution >= 4 is 33.4 Å². The first kappa shape index (κ1) is 11.5. The van der Waals surface area contributed by atoms with Gasteiger partial charge >= 0.3 is 0 Å². The number of nitrogens with zero attached hydrogens (tertiary/aromatic N) is 1. The fourth-order valence-corrected chi connectivity index (χ4v) is 2.70. The molecule has 1 heterocycles. The van der Waals surface area contributed by atoms with Crippen molar-refractivity contribution < 1.29 is 0 Å². The molecule has 0 bridgehead atoms. The summed E-state index contributed by atoms with van der Waals surface area (Å²) >= 11 is 5.04. The first-order valence-electron chi connectivity index (χ1n) is 4.82. The van der Waals surface area contributed by atoms with E-state index in [0.717, 1.165) is 25.6 Å². The predicted octanol–water partition coefficient (Wildman–Crippen LogP) is 3.89. The Morgan fingerprint density at radius 1 is 1.25 bits per heavy atom. The number of aryl methyl sites for hydroxylation is 1. The molecule has 0 fully saturated rings. The molecule has 0 spiro atoms. The molecular formula is C12H11BrN2S. The minimum absolute atomic E-state index is 0.824. The average molecular weight is 295 g/mol. The minimum Gasteiger partial charge on any atom is -0.398 e. The topological polar surface area (TPSA) is 38.9 Å². The van der Waals surface area contributed by atoms with Gasteiger partial charge in [-0.05, 0) is 46.6 Å². The molecule has 0 saturated carbocycles. The Morgan fingerprint density at radius 3 is 2.81 bits per heavy atom. The maximum Gasteiger partial charge on any atom is 0.115 e. The van der Waals surface area contributed by atoms with Gasteiger partial charge in [0, 0.05) is 16.8 Å². The van der Waals surface area contributed by atoms with Crippen LogP contribution in [-0.4, -0.2) is 4.98 Å². The highest BCUT2D eigenvalue weighted by Gasteiger charge is 2.07. The van der Waals surface area contributed by atoms with Crippen LogP contribution in [0.25, 0.3) is 0 Å². The van der Waals surface area contributed by atoms with Crippen LogP contribution < -0.4 is 5.73 Å². The van der Waals surface area contributed by atoms with Crippen molar-refractivity contribution in [1.29, 1.82) is 0 Å². The second kappa shape index (κ2) is 4.89. The summed E-state index contributed by atoms with van der Waals surface area (Å²) in [6.45, 7) is 2.01. The number of pyridine rings is 1. The molecule has 0 aliphatic heterocycles. The Hall–Kier alpha value is -1.00. The van der Waals surface area contributed by atoms with Gasteiger partial charge in [-0.1, -0.05) is 23.9 Å². The molecule has 2 nitrogen and oxygen atoms in total. The second-order valence-electron chi connectivity index (χ2n) is 3.38. The summed E-state index contributed by atoms with van der Waals surface area (Å²) < 4.78 is 0.987.